The van der Waals surface area contributed by atoms with Crippen molar-refractivity contribution < 1.29 is 22.7 Å². The van der Waals surface area contributed by atoms with Crippen molar-refractivity contribution in [1.29, 1.82) is 0 Å². The second-order valence-electron chi connectivity index (χ2n) is 9.25. The Kier molecular flexibility index (Phi) is 8.37. The molecule has 0 unspecified atom stereocenters. The quantitative estimate of drug-likeness (QED) is 0.302. The third-order valence-corrected chi connectivity index (χ3v) is 8.23. The molecular weight excluding hydrogens is 516 g/mol. The molecule has 4 rings (SSSR count). The average molecular weight is 549 g/mol. The van der Waals surface area contributed by atoms with Crippen LogP contribution >= 0.6 is 0 Å². The van der Waals surface area contributed by atoms with E-state index in [0.29, 0.717) is 17.2 Å². The number of rotatable bonds is 10. The van der Waals surface area contributed by atoms with Gasteiger partial charge in [0.2, 0.25) is 21.9 Å². The van der Waals surface area contributed by atoms with Crippen LogP contribution in [-0.4, -0.2) is 55.0 Å². The van der Waals surface area contributed by atoms with Crippen molar-refractivity contribution in [2.45, 2.75) is 31.7 Å². The summed E-state index contributed by atoms with van der Waals surface area (Å²) < 4.78 is 40.2. The van der Waals surface area contributed by atoms with E-state index in [1.54, 1.807) is 56.9 Å². The van der Waals surface area contributed by atoms with Crippen LogP contribution in [0.3, 0.4) is 0 Å². The summed E-state index contributed by atoms with van der Waals surface area (Å²) >= 11 is 0. The van der Waals surface area contributed by atoms with Crippen molar-refractivity contribution in [1.82, 2.24) is 13.9 Å². The first-order valence-corrected chi connectivity index (χ1v) is 13.8. The van der Waals surface area contributed by atoms with Crippen LogP contribution < -0.4 is 14.8 Å². The number of nitrogens with one attached hydrogen (secondary N) is 1. The summed E-state index contributed by atoms with van der Waals surface area (Å²) in [7, 11) is -0.713. The molecule has 0 saturated carbocycles. The number of amides is 1. The van der Waals surface area contributed by atoms with Crippen molar-refractivity contribution in [2.75, 3.05) is 26.1 Å². The van der Waals surface area contributed by atoms with E-state index in [9.17, 15) is 13.2 Å². The van der Waals surface area contributed by atoms with Crippen LogP contribution in [0, 0.1) is 6.92 Å². The van der Waals surface area contributed by atoms with Crippen molar-refractivity contribution in [2.24, 2.45) is 0 Å². The molecule has 0 aliphatic heterocycles. The third kappa shape index (κ3) is 6.30. The number of sulfonamides is 1. The van der Waals surface area contributed by atoms with Gasteiger partial charge in [-0.1, -0.05) is 17.7 Å². The van der Waals surface area contributed by atoms with Gasteiger partial charge < -0.3 is 9.47 Å². The van der Waals surface area contributed by atoms with Gasteiger partial charge in [-0.25, -0.2) is 13.4 Å². The Morgan fingerprint density at radius 2 is 1.49 bits per heavy atom. The molecule has 0 aliphatic rings. The third-order valence-electron chi connectivity index (χ3n) is 6.20. The van der Waals surface area contributed by atoms with Crippen molar-refractivity contribution in [3.05, 3.63) is 84.6 Å². The minimum absolute atomic E-state index is 0.135. The first-order valence-electron chi connectivity index (χ1n) is 12.4. The molecule has 1 aromatic heterocycles. The van der Waals surface area contributed by atoms with Crippen LogP contribution in [0.1, 0.15) is 19.4 Å². The normalized spacial score (nSPS) is 11.6. The van der Waals surface area contributed by atoms with Gasteiger partial charge in [-0.3, -0.25) is 14.7 Å². The number of hydrogen-bond acceptors (Lipinski definition) is 6. The molecule has 0 aliphatic carbocycles. The standard InChI is InChI=1S/C29H32N4O5S/c1-20(2)33(39(35,36)26-16-6-21(3)7-17-26)19-28(34)31-29-30-27(22-8-12-24(37-4)13-9-22)18-32(29)23-10-14-25(38-5)15-11-23/h6-18,20H,19H2,1-5H3,(H,30,31,34). The van der Waals surface area contributed by atoms with Gasteiger partial charge in [-0.2, -0.15) is 4.31 Å². The highest BCUT2D eigenvalue weighted by atomic mass is 32.2. The molecule has 0 saturated heterocycles. The SMILES string of the molecule is COc1ccc(-c2cn(-c3ccc(OC)cc3)c(NC(=O)CN(C(C)C)S(=O)(=O)c3ccc(C)cc3)n2)cc1. The molecule has 0 bridgehead atoms. The first-order chi connectivity index (χ1) is 18.6. The largest absolute Gasteiger partial charge is 0.497 e. The molecule has 10 heteroatoms. The predicted molar refractivity (Wildman–Crippen MR) is 151 cm³/mol. The molecule has 3 aromatic carbocycles. The summed E-state index contributed by atoms with van der Waals surface area (Å²) in [5, 5.41) is 2.82. The first kappa shape index (κ1) is 27.9. The van der Waals surface area contributed by atoms with E-state index in [1.165, 1.54) is 4.31 Å². The lowest BCUT2D eigenvalue weighted by atomic mass is 10.1. The van der Waals surface area contributed by atoms with E-state index in [0.717, 1.165) is 16.8 Å². The van der Waals surface area contributed by atoms with Crippen molar-refractivity contribution in [3.8, 4) is 28.4 Å². The number of imidazole rings is 1. The Morgan fingerprint density at radius 3 is 2.03 bits per heavy atom. The minimum Gasteiger partial charge on any atom is -0.497 e. The molecule has 0 atom stereocenters. The molecule has 1 amide bonds. The molecule has 1 heterocycles. The fourth-order valence-corrected chi connectivity index (χ4v) is 5.60. The number of aromatic nitrogens is 2. The van der Waals surface area contributed by atoms with Gasteiger partial charge in [-0.15, -0.1) is 0 Å². The maximum Gasteiger partial charge on any atom is 0.243 e. The number of methoxy groups -OCH3 is 2. The molecule has 204 valence electrons. The van der Waals surface area contributed by atoms with E-state index in [-0.39, 0.29) is 17.4 Å². The van der Waals surface area contributed by atoms with Gasteiger partial charge in [-0.05, 0) is 81.4 Å². The predicted octanol–water partition coefficient (Wildman–Crippen LogP) is 4.90. The smallest absolute Gasteiger partial charge is 0.243 e. The molecular formula is C29H32N4O5S. The minimum atomic E-state index is -3.90. The number of ether oxygens (including phenoxy) is 2. The van der Waals surface area contributed by atoms with E-state index in [4.69, 9.17) is 9.47 Å². The second-order valence-corrected chi connectivity index (χ2v) is 11.1. The summed E-state index contributed by atoms with van der Waals surface area (Å²) in [6.07, 6.45) is 1.81. The highest BCUT2D eigenvalue weighted by Gasteiger charge is 2.29. The molecule has 1 N–H and O–H groups in total. The summed E-state index contributed by atoms with van der Waals surface area (Å²) in [6.45, 7) is 4.98. The Hall–Kier alpha value is -4.15. The van der Waals surface area contributed by atoms with Gasteiger partial charge in [0.05, 0.1) is 31.4 Å². The van der Waals surface area contributed by atoms with Gasteiger partial charge in [0.15, 0.2) is 0 Å². The summed E-state index contributed by atoms with van der Waals surface area (Å²) in [4.78, 5) is 18.1. The van der Waals surface area contributed by atoms with Crippen molar-refractivity contribution in [3.63, 3.8) is 0 Å². The van der Waals surface area contributed by atoms with E-state index in [2.05, 4.69) is 10.3 Å². The Balaban J connectivity index is 1.65. The molecule has 0 fully saturated rings. The van der Waals surface area contributed by atoms with Crippen molar-refractivity contribution >= 4 is 21.9 Å². The van der Waals surface area contributed by atoms with Crippen LogP contribution in [0.4, 0.5) is 5.95 Å². The number of nitrogens with zero attached hydrogens (tertiary/aromatic N) is 3. The van der Waals surface area contributed by atoms with E-state index >= 15 is 0 Å². The van der Waals surface area contributed by atoms with Gasteiger partial charge >= 0.3 is 0 Å². The monoisotopic (exact) mass is 548 g/mol. The van der Waals surface area contributed by atoms with Gasteiger partial charge in [0.25, 0.3) is 0 Å². The van der Waals surface area contributed by atoms with Crippen LogP contribution in [0.5, 0.6) is 11.5 Å². The lowest BCUT2D eigenvalue weighted by Gasteiger charge is -2.25. The Morgan fingerprint density at radius 1 is 0.923 bits per heavy atom. The fourth-order valence-electron chi connectivity index (χ4n) is 4.01. The number of anilines is 1. The number of carbonyl (C=O) groups is 1. The highest BCUT2D eigenvalue weighted by Crippen LogP contribution is 2.27. The molecule has 9 nitrogen and oxygen atoms in total. The second kappa shape index (κ2) is 11.7. The zero-order chi connectivity index (χ0) is 28.2. The number of benzene rings is 3. The average Bonchev–Trinajstić information content (AvgIpc) is 3.35. The maximum absolute atomic E-state index is 13.4. The van der Waals surface area contributed by atoms with E-state index in [1.807, 2.05) is 61.7 Å². The molecule has 0 spiro atoms. The molecule has 4 aromatic rings. The maximum atomic E-state index is 13.4. The highest BCUT2D eigenvalue weighted by molar-refractivity contribution is 7.89. The lowest BCUT2D eigenvalue weighted by molar-refractivity contribution is -0.116. The molecule has 39 heavy (non-hydrogen) atoms. The molecule has 0 radical (unpaired) electrons. The summed E-state index contributed by atoms with van der Waals surface area (Å²) in [6, 6.07) is 20.8. The zero-order valence-corrected chi connectivity index (χ0v) is 23.4. The number of hydrogen-bond donors (Lipinski definition) is 1. The Bertz CT molecular complexity index is 1530. The Labute approximate surface area is 229 Å². The number of aryl methyl sites for hydroxylation is 1. The lowest BCUT2D eigenvalue weighted by Crippen LogP contribution is -2.42. The van der Waals surface area contributed by atoms with Crippen LogP contribution in [0.25, 0.3) is 16.9 Å². The van der Waals surface area contributed by atoms with E-state index < -0.39 is 22.0 Å². The zero-order valence-electron chi connectivity index (χ0n) is 22.6. The summed E-state index contributed by atoms with van der Waals surface area (Å²) in [5.74, 6) is 1.15. The number of carbonyl (C=O) groups excluding carboxylic acids is 1. The fraction of sp³-hybridized carbons (Fsp3) is 0.241. The van der Waals surface area contributed by atoms with Crippen LogP contribution in [-0.2, 0) is 14.8 Å². The van der Waals surface area contributed by atoms with Gasteiger partial charge in [0.1, 0.15) is 11.5 Å². The summed E-state index contributed by atoms with van der Waals surface area (Å²) in [5.41, 5.74) is 3.13. The topological polar surface area (TPSA) is 103 Å². The van der Waals surface area contributed by atoms with Gasteiger partial charge in [0, 0.05) is 23.5 Å². The van der Waals surface area contributed by atoms with Crippen LogP contribution in [0.2, 0.25) is 0 Å². The van der Waals surface area contributed by atoms with Crippen LogP contribution in [0.15, 0.2) is 83.9 Å².